The van der Waals surface area contributed by atoms with E-state index in [0.717, 1.165) is 12.8 Å². The van der Waals surface area contributed by atoms with Crippen LogP contribution in [-0.2, 0) is 0 Å². The Bertz CT molecular complexity index is 218. The average Bonchev–Trinajstić information content (AvgIpc) is 2.16. The highest BCUT2D eigenvalue weighted by molar-refractivity contribution is 5.35. The first-order chi connectivity index (χ1) is 5.02. The van der Waals surface area contributed by atoms with E-state index < -0.39 is 0 Å². The molecular formula is C9H16N2. The average molecular weight is 152 g/mol. The van der Waals surface area contributed by atoms with Gasteiger partial charge in [-0.05, 0) is 32.6 Å². The van der Waals surface area contributed by atoms with Gasteiger partial charge in [0.2, 0.25) is 0 Å². The van der Waals surface area contributed by atoms with Crippen molar-refractivity contribution in [3.63, 3.8) is 0 Å². The van der Waals surface area contributed by atoms with Crippen molar-refractivity contribution in [1.29, 1.82) is 0 Å². The van der Waals surface area contributed by atoms with Gasteiger partial charge < -0.3 is 11.5 Å². The van der Waals surface area contributed by atoms with Crippen molar-refractivity contribution in [1.82, 2.24) is 0 Å². The predicted octanol–water partition coefficient (Wildman–Crippen LogP) is 0.915. The fourth-order valence-corrected chi connectivity index (χ4v) is 2.55. The van der Waals surface area contributed by atoms with E-state index in [0.29, 0.717) is 0 Å². The summed E-state index contributed by atoms with van der Waals surface area (Å²) >= 11 is 0. The van der Waals surface area contributed by atoms with Gasteiger partial charge in [-0.15, -0.1) is 0 Å². The molecule has 2 unspecified atom stereocenters. The van der Waals surface area contributed by atoms with Gasteiger partial charge in [-0.2, -0.15) is 0 Å². The Morgan fingerprint density at radius 3 is 2.82 bits per heavy atom. The maximum atomic E-state index is 6.19. The summed E-state index contributed by atoms with van der Waals surface area (Å²) in [6, 6.07) is 0. The molecule has 2 aliphatic carbocycles. The third-order valence-corrected chi connectivity index (χ3v) is 2.91. The molecule has 0 spiro atoms. The predicted molar refractivity (Wildman–Crippen MR) is 46.1 cm³/mol. The molecule has 2 rings (SSSR count). The zero-order valence-electron chi connectivity index (χ0n) is 7.06. The second kappa shape index (κ2) is 1.87. The van der Waals surface area contributed by atoms with Crippen molar-refractivity contribution < 1.29 is 0 Å². The molecule has 1 fully saturated rings. The number of rotatable bonds is 0. The Kier molecular flexibility index (Phi) is 1.25. The molecule has 0 heterocycles. The third-order valence-electron chi connectivity index (χ3n) is 2.91. The van der Waals surface area contributed by atoms with Gasteiger partial charge in [0.1, 0.15) is 0 Å². The molecule has 1 saturated carbocycles. The van der Waals surface area contributed by atoms with E-state index in [1.54, 1.807) is 0 Å². The highest BCUT2D eigenvalue weighted by Gasteiger charge is 2.44. The SMILES string of the molecule is CC1(N)C=C2CCCC2(N)C1. The Morgan fingerprint density at radius 1 is 1.45 bits per heavy atom. The minimum absolute atomic E-state index is 0.0243. The lowest BCUT2D eigenvalue weighted by Gasteiger charge is -2.24. The van der Waals surface area contributed by atoms with E-state index in [1.807, 2.05) is 0 Å². The largest absolute Gasteiger partial charge is 0.322 e. The summed E-state index contributed by atoms with van der Waals surface area (Å²) in [5.41, 5.74) is 13.4. The summed E-state index contributed by atoms with van der Waals surface area (Å²) in [7, 11) is 0. The molecule has 2 heteroatoms. The van der Waals surface area contributed by atoms with E-state index in [1.165, 1.54) is 18.4 Å². The van der Waals surface area contributed by atoms with E-state index in [2.05, 4.69) is 13.0 Å². The second-order valence-corrected chi connectivity index (χ2v) is 4.36. The van der Waals surface area contributed by atoms with Crippen molar-refractivity contribution in [3.05, 3.63) is 11.6 Å². The maximum absolute atomic E-state index is 6.19. The van der Waals surface area contributed by atoms with E-state index in [4.69, 9.17) is 11.5 Å². The highest BCUT2D eigenvalue weighted by Crippen LogP contribution is 2.44. The monoisotopic (exact) mass is 152 g/mol. The van der Waals surface area contributed by atoms with Gasteiger partial charge in [0.05, 0.1) is 0 Å². The smallest absolute Gasteiger partial charge is 0.0390 e. The van der Waals surface area contributed by atoms with Crippen molar-refractivity contribution in [3.8, 4) is 0 Å². The molecule has 2 nitrogen and oxygen atoms in total. The van der Waals surface area contributed by atoms with Crippen LogP contribution < -0.4 is 11.5 Å². The fourth-order valence-electron chi connectivity index (χ4n) is 2.55. The van der Waals surface area contributed by atoms with Gasteiger partial charge in [0.25, 0.3) is 0 Å². The zero-order valence-corrected chi connectivity index (χ0v) is 7.06. The van der Waals surface area contributed by atoms with Crippen LogP contribution in [0.4, 0.5) is 0 Å². The summed E-state index contributed by atoms with van der Waals surface area (Å²) in [4.78, 5) is 0. The molecule has 0 aromatic heterocycles. The molecule has 0 aromatic carbocycles. The molecule has 0 saturated heterocycles. The molecule has 2 aliphatic rings. The molecule has 4 N–H and O–H groups in total. The van der Waals surface area contributed by atoms with Crippen molar-refractivity contribution in [2.75, 3.05) is 0 Å². The van der Waals surface area contributed by atoms with Crippen LogP contribution in [0.1, 0.15) is 32.6 Å². The molecule has 0 aromatic rings. The first-order valence-electron chi connectivity index (χ1n) is 4.32. The van der Waals surface area contributed by atoms with Crippen LogP contribution in [0.15, 0.2) is 11.6 Å². The minimum Gasteiger partial charge on any atom is -0.322 e. The minimum atomic E-state index is -0.134. The lowest BCUT2D eigenvalue weighted by molar-refractivity contribution is 0.415. The van der Waals surface area contributed by atoms with Gasteiger partial charge in [-0.3, -0.25) is 0 Å². The van der Waals surface area contributed by atoms with Crippen LogP contribution in [0, 0.1) is 0 Å². The Morgan fingerprint density at radius 2 is 2.18 bits per heavy atom. The van der Waals surface area contributed by atoms with Gasteiger partial charge in [0, 0.05) is 11.1 Å². The van der Waals surface area contributed by atoms with Crippen molar-refractivity contribution in [2.24, 2.45) is 11.5 Å². The van der Waals surface area contributed by atoms with Crippen molar-refractivity contribution >= 4 is 0 Å². The molecule has 62 valence electrons. The van der Waals surface area contributed by atoms with Gasteiger partial charge >= 0.3 is 0 Å². The van der Waals surface area contributed by atoms with Gasteiger partial charge in [-0.25, -0.2) is 0 Å². The van der Waals surface area contributed by atoms with Crippen LogP contribution in [0.2, 0.25) is 0 Å². The second-order valence-electron chi connectivity index (χ2n) is 4.36. The van der Waals surface area contributed by atoms with Gasteiger partial charge in [0.15, 0.2) is 0 Å². The zero-order chi connectivity index (χ0) is 8.11. The topological polar surface area (TPSA) is 52.0 Å². The van der Waals surface area contributed by atoms with Crippen molar-refractivity contribution in [2.45, 2.75) is 43.7 Å². The molecule has 0 bridgehead atoms. The van der Waals surface area contributed by atoms with Gasteiger partial charge in [-0.1, -0.05) is 11.6 Å². The number of hydrogen-bond acceptors (Lipinski definition) is 2. The molecule has 0 amide bonds. The quantitative estimate of drug-likeness (QED) is 0.507. The summed E-state index contributed by atoms with van der Waals surface area (Å²) in [6.45, 7) is 2.06. The Hall–Kier alpha value is -0.340. The number of hydrogen-bond donors (Lipinski definition) is 2. The van der Waals surface area contributed by atoms with Crippen LogP contribution in [0.25, 0.3) is 0 Å². The highest BCUT2D eigenvalue weighted by atomic mass is 14.9. The fraction of sp³-hybridized carbons (Fsp3) is 0.778. The van der Waals surface area contributed by atoms with Crippen LogP contribution in [0.5, 0.6) is 0 Å². The molecule has 0 radical (unpaired) electrons. The first-order valence-corrected chi connectivity index (χ1v) is 4.32. The van der Waals surface area contributed by atoms with E-state index in [9.17, 15) is 0 Å². The Balaban J connectivity index is 2.33. The van der Waals surface area contributed by atoms with Crippen LogP contribution >= 0.6 is 0 Å². The molecular weight excluding hydrogens is 136 g/mol. The first kappa shape index (κ1) is 7.32. The molecule has 2 atom stereocenters. The Labute approximate surface area is 67.6 Å². The summed E-state index contributed by atoms with van der Waals surface area (Å²) in [5.74, 6) is 0. The summed E-state index contributed by atoms with van der Waals surface area (Å²) < 4.78 is 0. The number of fused-ring (bicyclic) bond motifs is 1. The lowest BCUT2D eigenvalue weighted by atomic mass is 9.91. The summed E-state index contributed by atoms with van der Waals surface area (Å²) in [6.07, 6.45) is 6.67. The maximum Gasteiger partial charge on any atom is 0.0390 e. The third kappa shape index (κ3) is 1.01. The number of nitrogens with two attached hydrogens (primary N) is 2. The van der Waals surface area contributed by atoms with E-state index in [-0.39, 0.29) is 11.1 Å². The van der Waals surface area contributed by atoms with Crippen LogP contribution in [-0.4, -0.2) is 11.1 Å². The van der Waals surface area contributed by atoms with E-state index >= 15 is 0 Å². The lowest BCUT2D eigenvalue weighted by Crippen LogP contribution is -2.43. The summed E-state index contributed by atoms with van der Waals surface area (Å²) in [5, 5.41) is 0. The normalized spacial score (nSPS) is 49.2. The van der Waals surface area contributed by atoms with Crippen LogP contribution in [0.3, 0.4) is 0 Å². The molecule has 11 heavy (non-hydrogen) atoms. The molecule has 0 aliphatic heterocycles. The standard InChI is InChI=1S/C9H16N2/c1-8(10)5-7-3-2-4-9(7,11)6-8/h5H,2-4,6,10-11H2,1H3.